The molecule has 1 unspecified atom stereocenters. The van der Waals surface area contributed by atoms with E-state index in [2.05, 4.69) is 22.6 Å². The summed E-state index contributed by atoms with van der Waals surface area (Å²) in [6.07, 6.45) is -0.795. The topological polar surface area (TPSA) is 25.8 Å². The zero-order valence-corrected chi connectivity index (χ0v) is 10.9. The summed E-state index contributed by atoms with van der Waals surface area (Å²) in [5, 5.41) is 0.408. The highest BCUT2D eigenvalue weighted by molar-refractivity contribution is 6.30. The molecule has 1 radical (unpaired) electrons. The van der Waals surface area contributed by atoms with E-state index in [9.17, 15) is 13.2 Å². The lowest BCUT2D eigenvalue weighted by atomic mass is 9.93. The quantitative estimate of drug-likeness (QED) is 0.791. The molecule has 0 N–H and O–H groups in total. The highest BCUT2D eigenvalue weighted by atomic mass is 35.5. The molecule has 0 spiro atoms. The molecule has 2 rings (SSSR count). The monoisotopic (exact) mass is 297 g/mol. The van der Waals surface area contributed by atoms with Gasteiger partial charge in [0.1, 0.15) is 5.69 Å². The molecule has 2 aromatic heterocycles. The third kappa shape index (κ3) is 2.99. The van der Waals surface area contributed by atoms with Crippen molar-refractivity contribution >= 4 is 11.6 Å². The van der Waals surface area contributed by atoms with E-state index in [0.717, 1.165) is 6.20 Å². The Morgan fingerprint density at radius 3 is 2.60 bits per heavy atom. The van der Waals surface area contributed by atoms with E-state index in [1.165, 1.54) is 18.3 Å². The van der Waals surface area contributed by atoms with Crippen LogP contribution in [0.2, 0.25) is 5.02 Å². The first-order valence-electron chi connectivity index (χ1n) is 5.60. The van der Waals surface area contributed by atoms with Gasteiger partial charge in [0, 0.05) is 24.4 Å². The van der Waals surface area contributed by atoms with Crippen molar-refractivity contribution in [2.24, 2.45) is 0 Å². The van der Waals surface area contributed by atoms with Crippen LogP contribution >= 0.6 is 11.6 Å². The lowest BCUT2D eigenvalue weighted by Crippen LogP contribution is -2.14. The molecule has 0 bridgehead atoms. The molecule has 2 nitrogen and oxygen atoms in total. The Morgan fingerprint density at radius 2 is 2.05 bits per heavy atom. The van der Waals surface area contributed by atoms with Crippen LogP contribution in [-0.4, -0.2) is 9.97 Å². The Labute approximate surface area is 118 Å². The van der Waals surface area contributed by atoms with Crippen molar-refractivity contribution in [1.29, 1.82) is 0 Å². The molecule has 0 saturated carbocycles. The minimum absolute atomic E-state index is 0.0372. The molecular formula is C14H9ClF3N2. The van der Waals surface area contributed by atoms with Crippen LogP contribution in [0.3, 0.4) is 0 Å². The van der Waals surface area contributed by atoms with E-state index < -0.39 is 17.8 Å². The van der Waals surface area contributed by atoms with Gasteiger partial charge < -0.3 is 0 Å². The van der Waals surface area contributed by atoms with Crippen LogP contribution in [0.4, 0.5) is 13.2 Å². The van der Waals surface area contributed by atoms with E-state index >= 15 is 0 Å². The fraction of sp³-hybridized carbons (Fsp3) is 0.143. The molecule has 1 atom stereocenters. The van der Waals surface area contributed by atoms with Crippen LogP contribution in [0.1, 0.15) is 22.9 Å². The fourth-order valence-electron chi connectivity index (χ4n) is 1.82. The van der Waals surface area contributed by atoms with Gasteiger partial charge >= 0.3 is 6.18 Å². The summed E-state index contributed by atoms with van der Waals surface area (Å²) in [6.45, 7) is 3.58. The Bertz CT molecular complexity index is 609. The Morgan fingerprint density at radius 1 is 1.30 bits per heavy atom. The summed E-state index contributed by atoms with van der Waals surface area (Å²) in [4.78, 5) is 7.42. The first kappa shape index (κ1) is 14.5. The molecule has 0 aliphatic rings. The van der Waals surface area contributed by atoms with Crippen molar-refractivity contribution < 1.29 is 13.2 Å². The maximum Gasteiger partial charge on any atom is 0.433 e. The average molecular weight is 298 g/mol. The van der Waals surface area contributed by atoms with Gasteiger partial charge in [-0.15, -0.1) is 6.58 Å². The van der Waals surface area contributed by atoms with Crippen LogP contribution in [0.5, 0.6) is 0 Å². The van der Waals surface area contributed by atoms with Gasteiger partial charge in [-0.05, 0) is 23.8 Å². The van der Waals surface area contributed by atoms with E-state index in [1.54, 1.807) is 12.1 Å². The van der Waals surface area contributed by atoms with Gasteiger partial charge in [0.15, 0.2) is 0 Å². The second-order valence-corrected chi connectivity index (χ2v) is 4.42. The summed E-state index contributed by atoms with van der Waals surface area (Å²) in [7, 11) is 0. The first-order valence-corrected chi connectivity index (χ1v) is 5.98. The molecule has 0 aliphatic heterocycles. The van der Waals surface area contributed by atoms with Crippen molar-refractivity contribution in [1.82, 2.24) is 9.97 Å². The van der Waals surface area contributed by atoms with Crippen molar-refractivity contribution in [3.05, 3.63) is 71.3 Å². The highest BCUT2D eigenvalue weighted by Crippen LogP contribution is 2.35. The number of rotatable bonds is 3. The Balaban J connectivity index is 2.53. The van der Waals surface area contributed by atoms with Gasteiger partial charge in [0.25, 0.3) is 0 Å². The van der Waals surface area contributed by atoms with Gasteiger partial charge in [0.05, 0.1) is 10.7 Å². The molecule has 0 fully saturated rings. The summed E-state index contributed by atoms with van der Waals surface area (Å²) < 4.78 is 38.9. The van der Waals surface area contributed by atoms with Crippen molar-refractivity contribution in [3.63, 3.8) is 0 Å². The van der Waals surface area contributed by atoms with Gasteiger partial charge in [-0.2, -0.15) is 13.2 Å². The molecule has 20 heavy (non-hydrogen) atoms. The number of pyridine rings is 2. The number of hydrogen-bond acceptors (Lipinski definition) is 2. The van der Waals surface area contributed by atoms with Crippen LogP contribution < -0.4 is 0 Å². The van der Waals surface area contributed by atoms with Crippen LogP contribution in [0, 0.1) is 6.07 Å². The van der Waals surface area contributed by atoms with Crippen molar-refractivity contribution in [3.8, 4) is 0 Å². The molecular weight excluding hydrogens is 289 g/mol. The second kappa shape index (κ2) is 5.63. The predicted molar refractivity (Wildman–Crippen MR) is 69.4 cm³/mol. The SMILES string of the molecule is C=CC(c1ccc(Cl)cn1)c1c[c]cnc1C(F)(F)F. The fourth-order valence-corrected chi connectivity index (χ4v) is 1.94. The van der Waals surface area contributed by atoms with Crippen LogP contribution in [0.15, 0.2) is 43.2 Å². The number of nitrogens with zero attached hydrogens (tertiary/aromatic N) is 2. The summed E-state index contributed by atoms with van der Waals surface area (Å²) in [6, 6.07) is 6.93. The molecule has 0 saturated heterocycles. The summed E-state index contributed by atoms with van der Waals surface area (Å²) in [5.74, 6) is -0.728. The second-order valence-electron chi connectivity index (χ2n) is 3.99. The minimum atomic E-state index is -4.54. The van der Waals surface area contributed by atoms with E-state index in [0.29, 0.717) is 10.7 Å². The Kier molecular flexibility index (Phi) is 4.09. The molecule has 0 aromatic carbocycles. The molecule has 2 heterocycles. The van der Waals surface area contributed by atoms with E-state index in [-0.39, 0.29) is 5.56 Å². The standard InChI is InChI=1S/C14H9ClF3N2/c1-2-10(12-6-5-9(15)8-20-12)11-4-3-7-19-13(11)14(16,17)18/h2,4-8,10H,1H2. The van der Waals surface area contributed by atoms with Gasteiger partial charge in [-0.25, -0.2) is 0 Å². The molecule has 103 valence electrons. The lowest BCUT2D eigenvalue weighted by molar-refractivity contribution is -0.141. The van der Waals surface area contributed by atoms with E-state index in [1.807, 2.05) is 0 Å². The lowest BCUT2D eigenvalue weighted by Gasteiger charge is -2.17. The summed E-state index contributed by atoms with van der Waals surface area (Å²) >= 11 is 5.72. The average Bonchev–Trinajstić information content (AvgIpc) is 2.41. The smallest absolute Gasteiger partial charge is 0.259 e. The van der Waals surface area contributed by atoms with Gasteiger partial charge in [0.2, 0.25) is 0 Å². The normalized spacial score (nSPS) is 13.0. The molecule has 0 aliphatic carbocycles. The van der Waals surface area contributed by atoms with Crippen molar-refractivity contribution in [2.75, 3.05) is 0 Å². The molecule has 2 aromatic rings. The van der Waals surface area contributed by atoms with Crippen LogP contribution in [-0.2, 0) is 6.18 Å². The zero-order valence-electron chi connectivity index (χ0n) is 10.2. The summed E-state index contributed by atoms with van der Waals surface area (Å²) in [5.41, 5.74) is -0.584. The van der Waals surface area contributed by atoms with E-state index in [4.69, 9.17) is 11.6 Å². The molecule has 6 heteroatoms. The number of allylic oxidation sites excluding steroid dienone is 1. The highest BCUT2D eigenvalue weighted by Gasteiger charge is 2.36. The largest absolute Gasteiger partial charge is 0.433 e. The van der Waals surface area contributed by atoms with Crippen LogP contribution in [0.25, 0.3) is 0 Å². The van der Waals surface area contributed by atoms with Gasteiger partial charge in [-0.1, -0.05) is 17.7 Å². The minimum Gasteiger partial charge on any atom is -0.259 e. The Hall–Kier alpha value is -1.88. The number of aromatic nitrogens is 2. The maximum absolute atomic E-state index is 13.0. The third-order valence-electron chi connectivity index (χ3n) is 2.69. The number of alkyl halides is 3. The predicted octanol–water partition coefficient (Wildman–Crippen LogP) is 4.27. The first-order chi connectivity index (χ1) is 9.43. The maximum atomic E-state index is 13.0. The van der Waals surface area contributed by atoms with Gasteiger partial charge in [-0.3, -0.25) is 9.97 Å². The molecule has 0 amide bonds. The number of hydrogen-bond donors (Lipinski definition) is 0. The van der Waals surface area contributed by atoms with Crippen molar-refractivity contribution in [2.45, 2.75) is 12.1 Å². The third-order valence-corrected chi connectivity index (χ3v) is 2.91. The zero-order chi connectivity index (χ0) is 14.8. The number of halogens is 4.